The molecule has 1 aromatic rings. The number of thiol groups is 1. The number of hydrogen-bond acceptors (Lipinski definition) is 2. The van der Waals surface area contributed by atoms with Crippen molar-refractivity contribution in [3.63, 3.8) is 0 Å². The maximum atomic E-state index is 10.8. The van der Waals surface area contributed by atoms with E-state index in [2.05, 4.69) is 11.1 Å². The molecule has 0 fully saturated rings. The largest absolute Gasteiger partial charge is 0.366 e. The molecule has 0 saturated carbocycles. The van der Waals surface area contributed by atoms with E-state index in [4.69, 9.17) is 0 Å². The third-order valence-corrected chi connectivity index (χ3v) is 3.08. The van der Waals surface area contributed by atoms with Crippen molar-refractivity contribution in [2.45, 2.75) is 17.7 Å². The van der Waals surface area contributed by atoms with Crippen LogP contribution in [0.15, 0.2) is 41.1 Å². The summed E-state index contributed by atoms with van der Waals surface area (Å²) in [7, 11) is -2.48. The first-order chi connectivity index (χ1) is 6.77. The molecular formula is C10H11NO2S. The lowest BCUT2D eigenvalue weighted by Crippen LogP contribution is -1.90. The number of rotatable bonds is 3. The predicted octanol–water partition coefficient (Wildman–Crippen LogP) is 1.41. The normalized spacial score (nSPS) is 15.1. The Kier molecular flexibility index (Phi) is 2.54. The van der Waals surface area contributed by atoms with Gasteiger partial charge in [-0.2, -0.15) is 0 Å². The minimum atomic E-state index is -2.48. The summed E-state index contributed by atoms with van der Waals surface area (Å²) in [5, 5.41) is 0. The molecule has 0 aliphatic heterocycles. The van der Waals surface area contributed by atoms with Gasteiger partial charge in [0.1, 0.15) is 0 Å². The molecule has 0 aromatic carbocycles. The fourth-order valence-corrected chi connectivity index (χ4v) is 2.12. The molecule has 0 saturated heterocycles. The molecule has 1 aromatic heterocycles. The summed E-state index contributed by atoms with van der Waals surface area (Å²) in [6.45, 7) is 0. The zero-order valence-electron chi connectivity index (χ0n) is 7.56. The van der Waals surface area contributed by atoms with Gasteiger partial charge in [-0.25, -0.2) is 8.42 Å². The van der Waals surface area contributed by atoms with E-state index >= 15 is 0 Å². The minimum absolute atomic E-state index is 0.410. The van der Waals surface area contributed by atoms with E-state index in [-0.39, 0.29) is 0 Å². The van der Waals surface area contributed by atoms with Gasteiger partial charge in [-0.15, -0.1) is 0 Å². The minimum Gasteiger partial charge on any atom is -0.366 e. The number of hydrogen-bond donors (Lipinski definition) is 2. The molecule has 14 heavy (non-hydrogen) atoms. The van der Waals surface area contributed by atoms with Crippen LogP contribution in [0.3, 0.4) is 0 Å². The van der Waals surface area contributed by atoms with E-state index in [1.165, 1.54) is 11.8 Å². The van der Waals surface area contributed by atoms with Crippen molar-refractivity contribution < 1.29 is 8.42 Å². The van der Waals surface area contributed by atoms with Crippen molar-refractivity contribution in [1.29, 1.82) is 0 Å². The molecule has 74 valence electrons. The molecule has 0 unspecified atom stereocenters. The highest BCUT2D eigenvalue weighted by molar-refractivity contribution is 7.72. The highest BCUT2D eigenvalue weighted by atomic mass is 32.2. The molecule has 1 aliphatic carbocycles. The lowest BCUT2D eigenvalue weighted by Gasteiger charge is -1.99. The van der Waals surface area contributed by atoms with Gasteiger partial charge in [0.2, 0.25) is 0 Å². The van der Waals surface area contributed by atoms with Crippen LogP contribution in [-0.4, -0.2) is 13.4 Å². The first-order valence-electron chi connectivity index (χ1n) is 4.42. The monoisotopic (exact) mass is 209 g/mol. The lowest BCUT2D eigenvalue weighted by atomic mass is 10.1. The average molecular weight is 209 g/mol. The fraction of sp³-hybridized carbons (Fsp3) is 0.200. The average Bonchev–Trinajstić information content (AvgIpc) is 2.75. The van der Waals surface area contributed by atoms with Crippen molar-refractivity contribution in [2.75, 3.05) is 0 Å². The summed E-state index contributed by atoms with van der Waals surface area (Å²) in [6.07, 6.45) is 11.0. The van der Waals surface area contributed by atoms with Crippen LogP contribution in [0.2, 0.25) is 0 Å². The van der Waals surface area contributed by atoms with Crippen LogP contribution < -0.4 is 0 Å². The molecule has 0 amide bonds. The SMILES string of the molecule is O=[SH](=O)c1c[nH]cc1CC1=CC=CC1. The Morgan fingerprint density at radius 3 is 2.86 bits per heavy atom. The summed E-state index contributed by atoms with van der Waals surface area (Å²) in [6, 6.07) is 0. The van der Waals surface area contributed by atoms with Crippen LogP contribution in [-0.2, 0) is 17.1 Å². The van der Waals surface area contributed by atoms with Crippen LogP contribution in [0.4, 0.5) is 0 Å². The summed E-state index contributed by atoms with van der Waals surface area (Å²) < 4.78 is 21.7. The molecule has 0 radical (unpaired) electrons. The summed E-state index contributed by atoms with van der Waals surface area (Å²) in [5.41, 5.74) is 2.11. The molecule has 1 aliphatic rings. The molecule has 0 bridgehead atoms. The molecule has 4 heteroatoms. The summed E-state index contributed by atoms with van der Waals surface area (Å²) in [5.74, 6) is 0. The van der Waals surface area contributed by atoms with E-state index in [0.29, 0.717) is 4.90 Å². The topological polar surface area (TPSA) is 49.9 Å². The standard InChI is InChI=1S/C10H11NO2S/c12-14(13)10-7-11-6-9(10)5-8-3-1-2-4-8/h1-3,6-7,11,14H,4-5H2. The highest BCUT2D eigenvalue weighted by Gasteiger charge is 2.08. The molecule has 3 nitrogen and oxygen atoms in total. The second-order valence-corrected chi connectivity index (χ2v) is 4.25. The van der Waals surface area contributed by atoms with Gasteiger partial charge in [0.15, 0.2) is 10.7 Å². The van der Waals surface area contributed by atoms with Crippen LogP contribution in [0.25, 0.3) is 0 Å². The van der Waals surface area contributed by atoms with Crippen molar-refractivity contribution in [3.8, 4) is 0 Å². The number of H-pyrrole nitrogens is 1. The molecule has 1 N–H and O–H groups in total. The van der Waals surface area contributed by atoms with Gasteiger partial charge in [-0.05, 0) is 18.4 Å². The van der Waals surface area contributed by atoms with Gasteiger partial charge in [0, 0.05) is 12.4 Å². The van der Waals surface area contributed by atoms with Gasteiger partial charge in [0.05, 0.1) is 4.90 Å². The van der Waals surface area contributed by atoms with Gasteiger partial charge in [0.25, 0.3) is 0 Å². The van der Waals surface area contributed by atoms with Crippen molar-refractivity contribution in [1.82, 2.24) is 4.98 Å². The van der Waals surface area contributed by atoms with Crippen molar-refractivity contribution >= 4 is 10.7 Å². The summed E-state index contributed by atoms with van der Waals surface area (Å²) >= 11 is 0. The Bertz CT molecular complexity index is 458. The lowest BCUT2D eigenvalue weighted by molar-refractivity contribution is 0.614. The number of nitrogens with one attached hydrogen (secondary N) is 1. The third kappa shape index (κ3) is 1.80. The quantitative estimate of drug-likeness (QED) is 0.739. The van der Waals surface area contributed by atoms with Crippen molar-refractivity contribution in [3.05, 3.63) is 41.8 Å². The molecular weight excluding hydrogens is 198 g/mol. The second kappa shape index (κ2) is 3.84. The maximum absolute atomic E-state index is 10.8. The van der Waals surface area contributed by atoms with Crippen LogP contribution in [0.5, 0.6) is 0 Å². The zero-order valence-corrected chi connectivity index (χ0v) is 8.46. The second-order valence-electron chi connectivity index (χ2n) is 3.26. The van der Waals surface area contributed by atoms with Crippen molar-refractivity contribution in [2.24, 2.45) is 0 Å². The molecule has 0 spiro atoms. The predicted molar refractivity (Wildman–Crippen MR) is 54.9 cm³/mol. The third-order valence-electron chi connectivity index (χ3n) is 2.27. The van der Waals surface area contributed by atoms with Crippen LogP contribution in [0.1, 0.15) is 12.0 Å². The summed E-state index contributed by atoms with van der Waals surface area (Å²) in [4.78, 5) is 3.23. The molecule has 0 atom stereocenters. The van der Waals surface area contributed by atoms with E-state index in [1.807, 2.05) is 12.2 Å². The van der Waals surface area contributed by atoms with E-state index in [0.717, 1.165) is 18.4 Å². The Morgan fingerprint density at radius 1 is 1.36 bits per heavy atom. The fourth-order valence-electron chi connectivity index (χ4n) is 1.57. The molecule has 2 rings (SSSR count). The van der Waals surface area contributed by atoms with Crippen LogP contribution >= 0.6 is 0 Å². The smallest absolute Gasteiger partial charge is 0.170 e. The Hall–Kier alpha value is -1.29. The zero-order chi connectivity index (χ0) is 9.97. The number of allylic oxidation sites excluding steroid dienone is 4. The van der Waals surface area contributed by atoms with E-state index in [9.17, 15) is 8.42 Å². The first-order valence-corrected chi connectivity index (χ1v) is 5.60. The maximum Gasteiger partial charge on any atom is 0.170 e. The highest BCUT2D eigenvalue weighted by Crippen LogP contribution is 2.19. The van der Waals surface area contributed by atoms with Gasteiger partial charge in [-0.3, -0.25) is 0 Å². The van der Waals surface area contributed by atoms with E-state index < -0.39 is 10.7 Å². The Morgan fingerprint density at radius 2 is 2.21 bits per heavy atom. The number of aromatic amines is 1. The van der Waals surface area contributed by atoms with Gasteiger partial charge in [-0.1, -0.05) is 23.8 Å². The molecule has 1 heterocycles. The van der Waals surface area contributed by atoms with E-state index in [1.54, 1.807) is 6.20 Å². The van der Waals surface area contributed by atoms with Gasteiger partial charge < -0.3 is 4.98 Å². The number of aromatic nitrogens is 1. The van der Waals surface area contributed by atoms with Gasteiger partial charge >= 0.3 is 0 Å². The Labute approximate surface area is 84.1 Å². The van der Waals surface area contributed by atoms with Crippen LogP contribution in [0, 0.1) is 0 Å². The first kappa shape index (κ1) is 9.27. The Balaban J connectivity index is 2.20.